The Morgan fingerprint density at radius 1 is 1.50 bits per heavy atom. The maximum Gasteiger partial charge on any atom is 0.339 e. The maximum absolute atomic E-state index is 12.8. The van der Waals surface area contributed by atoms with E-state index in [1.54, 1.807) is 0 Å². The molecule has 0 aliphatic rings. The number of rotatable bonds is 2. The molecule has 1 rings (SSSR count). The van der Waals surface area contributed by atoms with Gasteiger partial charge >= 0.3 is 11.7 Å². The summed E-state index contributed by atoms with van der Waals surface area (Å²) < 4.78 is 12.8. The fraction of sp³-hybridized carbons (Fsp3) is 0. The van der Waals surface area contributed by atoms with E-state index in [2.05, 4.69) is 0 Å². The van der Waals surface area contributed by atoms with Crippen molar-refractivity contribution in [1.29, 1.82) is 0 Å². The number of carbonyl (C=O) groups is 1. The Morgan fingerprint density at radius 2 is 2.07 bits per heavy atom. The molecule has 0 saturated carbocycles. The van der Waals surface area contributed by atoms with Crippen LogP contribution in [0, 0.1) is 15.9 Å². The lowest BCUT2D eigenvalue weighted by Crippen LogP contribution is -2.00. The van der Waals surface area contributed by atoms with Gasteiger partial charge in [0.2, 0.25) is 5.82 Å². The molecule has 1 aromatic rings. The summed E-state index contributed by atoms with van der Waals surface area (Å²) in [6.45, 7) is 0. The predicted molar refractivity (Wildman–Crippen MR) is 41.7 cm³/mol. The standard InChI is InChI=1S/C7H4FNO5/c8-4-1-3(7(11)12)6(10)2-5(4)9(13)14/h1-2,10H,(H,11,12). The molecule has 7 heteroatoms. The highest BCUT2D eigenvalue weighted by atomic mass is 19.1. The van der Waals surface area contributed by atoms with E-state index in [0.717, 1.165) is 0 Å². The van der Waals surface area contributed by atoms with Gasteiger partial charge in [-0.25, -0.2) is 4.79 Å². The van der Waals surface area contributed by atoms with Gasteiger partial charge in [0.1, 0.15) is 11.3 Å². The number of phenols is 1. The van der Waals surface area contributed by atoms with Crippen LogP contribution in [0.1, 0.15) is 10.4 Å². The van der Waals surface area contributed by atoms with Gasteiger partial charge in [-0.1, -0.05) is 0 Å². The highest BCUT2D eigenvalue weighted by Crippen LogP contribution is 2.26. The van der Waals surface area contributed by atoms with Crippen molar-refractivity contribution >= 4 is 11.7 Å². The number of hydrogen-bond donors (Lipinski definition) is 2. The van der Waals surface area contributed by atoms with Crippen molar-refractivity contribution in [3.63, 3.8) is 0 Å². The minimum Gasteiger partial charge on any atom is -0.507 e. The van der Waals surface area contributed by atoms with Crippen molar-refractivity contribution in [2.24, 2.45) is 0 Å². The highest BCUT2D eigenvalue weighted by Gasteiger charge is 2.20. The van der Waals surface area contributed by atoms with Crippen molar-refractivity contribution in [3.8, 4) is 5.75 Å². The molecule has 0 saturated heterocycles. The van der Waals surface area contributed by atoms with Gasteiger partial charge in [-0.2, -0.15) is 4.39 Å². The minimum absolute atomic E-state index is 0.399. The second-order valence-corrected chi connectivity index (χ2v) is 2.38. The fourth-order valence-corrected chi connectivity index (χ4v) is 0.862. The lowest BCUT2D eigenvalue weighted by atomic mass is 10.2. The largest absolute Gasteiger partial charge is 0.507 e. The molecule has 0 aliphatic carbocycles. The molecular formula is C7H4FNO5. The first-order chi connectivity index (χ1) is 6.43. The quantitative estimate of drug-likeness (QED) is 0.551. The molecule has 14 heavy (non-hydrogen) atoms. The minimum atomic E-state index is -1.56. The molecule has 0 unspecified atom stereocenters. The van der Waals surface area contributed by atoms with E-state index in [9.17, 15) is 19.3 Å². The molecule has 0 amide bonds. The molecule has 0 atom stereocenters. The summed E-state index contributed by atoms with van der Waals surface area (Å²) in [5.74, 6) is -3.70. The van der Waals surface area contributed by atoms with E-state index >= 15 is 0 Å². The van der Waals surface area contributed by atoms with Crippen LogP contribution in [0.5, 0.6) is 5.75 Å². The summed E-state index contributed by atoms with van der Waals surface area (Å²) >= 11 is 0. The Balaban J connectivity index is 3.38. The number of benzene rings is 1. The molecule has 1 aromatic carbocycles. The van der Waals surface area contributed by atoms with E-state index < -0.39 is 33.7 Å². The first-order valence-corrected chi connectivity index (χ1v) is 3.33. The molecule has 0 spiro atoms. The lowest BCUT2D eigenvalue weighted by molar-refractivity contribution is -0.387. The van der Waals surface area contributed by atoms with Crippen LogP contribution in [0.2, 0.25) is 0 Å². The van der Waals surface area contributed by atoms with Crippen LogP contribution in [0.15, 0.2) is 12.1 Å². The Kier molecular flexibility index (Phi) is 2.32. The van der Waals surface area contributed by atoms with Gasteiger partial charge in [-0.3, -0.25) is 10.1 Å². The molecule has 0 heterocycles. The van der Waals surface area contributed by atoms with Gasteiger partial charge in [0.15, 0.2) is 0 Å². The zero-order valence-electron chi connectivity index (χ0n) is 6.60. The summed E-state index contributed by atoms with van der Waals surface area (Å²) in [6.07, 6.45) is 0. The van der Waals surface area contributed by atoms with Gasteiger partial charge in [0.05, 0.1) is 11.0 Å². The normalized spacial score (nSPS) is 9.79. The molecule has 0 radical (unpaired) electrons. The van der Waals surface area contributed by atoms with Gasteiger partial charge in [-0.05, 0) is 6.07 Å². The molecule has 0 bridgehead atoms. The third-order valence-corrected chi connectivity index (χ3v) is 1.49. The summed E-state index contributed by atoms with van der Waals surface area (Å²) in [5.41, 5.74) is -1.68. The first-order valence-electron chi connectivity index (χ1n) is 3.33. The first kappa shape index (κ1) is 9.90. The van der Waals surface area contributed by atoms with Crippen LogP contribution < -0.4 is 0 Å². The molecular weight excluding hydrogens is 197 g/mol. The van der Waals surface area contributed by atoms with E-state index in [4.69, 9.17) is 10.2 Å². The molecule has 0 aromatic heterocycles. The average Bonchev–Trinajstić information content (AvgIpc) is 2.07. The summed E-state index contributed by atoms with van der Waals surface area (Å²) in [4.78, 5) is 19.5. The lowest BCUT2D eigenvalue weighted by Gasteiger charge is -1.99. The Hall–Kier alpha value is -2.18. The van der Waals surface area contributed by atoms with E-state index in [-0.39, 0.29) is 0 Å². The van der Waals surface area contributed by atoms with Gasteiger partial charge in [0, 0.05) is 0 Å². The van der Waals surface area contributed by atoms with Crippen molar-refractivity contribution in [1.82, 2.24) is 0 Å². The monoisotopic (exact) mass is 201 g/mol. The van der Waals surface area contributed by atoms with E-state index in [0.29, 0.717) is 12.1 Å². The summed E-state index contributed by atoms with van der Waals surface area (Å²) in [5, 5.41) is 27.6. The number of nitro benzene ring substituents is 1. The van der Waals surface area contributed by atoms with Crippen molar-refractivity contribution in [2.45, 2.75) is 0 Å². The number of nitrogens with zero attached hydrogens (tertiary/aromatic N) is 1. The number of halogens is 1. The number of carboxylic acids is 1. The Morgan fingerprint density at radius 3 is 2.50 bits per heavy atom. The van der Waals surface area contributed by atoms with Crippen LogP contribution in [0.3, 0.4) is 0 Å². The van der Waals surface area contributed by atoms with Crippen LogP contribution in [-0.2, 0) is 0 Å². The smallest absolute Gasteiger partial charge is 0.339 e. The van der Waals surface area contributed by atoms with Gasteiger partial charge < -0.3 is 10.2 Å². The van der Waals surface area contributed by atoms with Gasteiger partial charge in [0.25, 0.3) is 0 Å². The zero-order valence-corrected chi connectivity index (χ0v) is 6.60. The van der Waals surface area contributed by atoms with Crippen molar-refractivity contribution < 1.29 is 24.3 Å². The third kappa shape index (κ3) is 1.60. The van der Waals surface area contributed by atoms with Crippen LogP contribution in [0.4, 0.5) is 10.1 Å². The van der Waals surface area contributed by atoms with Gasteiger partial charge in [-0.15, -0.1) is 0 Å². The number of hydrogen-bond acceptors (Lipinski definition) is 4. The third-order valence-electron chi connectivity index (χ3n) is 1.49. The molecule has 6 nitrogen and oxygen atoms in total. The SMILES string of the molecule is O=C(O)c1cc(F)c([N+](=O)[O-])cc1O. The van der Waals surface area contributed by atoms with E-state index in [1.807, 2.05) is 0 Å². The van der Waals surface area contributed by atoms with Crippen molar-refractivity contribution in [2.75, 3.05) is 0 Å². The van der Waals surface area contributed by atoms with Crippen LogP contribution in [0.25, 0.3) is 0 Å². The number of aromatic hydroxyl groups is 1. The number of aromatic carboxylic acids is 1. The summed E-state index contributed by atoms with van der Waals surface area (Å²) in [7, 11) is 0. The number of nitro groups is 1. The second kappa shape index (κ2) is 3.29. The van der Waals surface area contributed by atoms with Crippen LogP contribution >= 0.6 is 0 Å². The molecule has 0 aliphatic heterocycles. The summed E-state index contributed by atoms with van der Waals surface area (Å²) in [6, 6.07) is 0.856. The Labute approximate surface area is 76.4 Å². The second-order valence-electron chi connectivity index (χ2n) is 2.38. The topological polar surface area (TPSA) is 101 Å². The zero-order chi connectivity index (χ0) is 10.9. The molecule has 2 N–H and O–H groups in total. The average molecular weight is 201 g/mol. The maximum atomic E-state index is 12.8. The fourth-order valence-electron chi connectivity index (χ4n) is 0.862. The van der Waals surface area contributed by atoms with Crippen molar-refractivity contribution in [3.05, 3.63) is 33.6 Å². The number of carboxylic acid groups (broad SMARTS) is 1. The highest BCUT2D eigenvalue weighted by molar-refractivity contribution is 5.91. The van der Waals surface area contributed by atoms with Crippen LogP contribution in [-0.4, -0.2) is 21.1 Å². The Bertz CT molecular complexity index is 377. The van der Waals surface area contributed by atoms with E-state index in [1.165, 1.54) is 0 Å². The predicted octanol–water partition coefficient (Wildman–Crippen LogP) is 1.14. The molecule has 74 valence electrons. The molecule has 0 fully saturated rings.